The molecule has 1 N–H and O–H groups in total. The van der Waals surface area contributed by atoms with E-state index in [4.69, 9.17) is 11.6 Å². The Morgan fingerprint density at radius 3 is 2.46 bits per heavy atom. The monoisotopic (exact) mass is 356 g/mol. The first-order valence-corrected chi connectivity index (χ1v) is 8.75. The number of hydrogen-bond donors (Lipinski definition) is 1. The van der Waals surface area contributed by atoms with Gasteiger partial charge >= 0.3 is 0 Å². The summed E-state index contributed by atoms with van der Waals surface area (Å²) in [4.78, 5) is 17.9. The van der Waals surface area contributed by atoms with Crippen molar-refractivity contribution in [2.45, 2.75) is 20.8 Å². The van der Waals surface area contributed by atoms with Gasteiger partial charge in [-0.15, -0.1) is 11.3 Å². The van der Waals surface area contributed by atoms with Crippen LogP contribution in [0.2, 0.25) is 5.02 Å². The molecule has 0 unspecified atom stereocenters. The van der Waals surface area contributed by atoms with E-state index in [0.29, 0.717) is 15.7 Å². The Labute approximate surface area is 150 Å². The molecular formula is C19H17ClN2OS. The van der Waals surface area contributed by atoms with Crippen molar-refractivity contribution in [3.05, 3.63) is 69.1 Å². The van der Waals surface area contributed by atoms with Crippen LogP contribution in [0.1, 0.15) is 26.4 Å². The second-order valence-electron chi connectivity index (χ2n) is 5.71. The molecule has 0 spiro atoms. The minimum absolute atomic E-state index is 0.155. The molecule has 0 atom stereocenters. The molecule has 0 radical (unpaired) electrons. The lowest BCUT2D eigenvalue weighted by atomic mass is 10.1. The van der Waals surface area contributed by atoms with E-state index < -0.39 is 0 Å². The second-order valence-corrected chi connectivity index (χ2v) is 7.32. The van der Waals surface area contributed by atoms with Gasteiger partial charge in [0, 0.05) is 21.0 Å². The average molecular weight is 357 g/mol. The Morgan fingerprint density at radius 1 is 1.08 bits per heavy atom. The molecule has 1 amide bonds. The minimum Gasteiger partial charge on any atom is -0.298 e. The van der Waals surface area contributed by atoms with Gasteiger partial charge in [-0.05, 0) is 44.5 Å². The normalized spacial score (nSPS) is 10.7. The van der Waals surface area contributed by atoms with Crippen LogP contribution in [0.3, 0.4) is 0 Å². The molecule has 0 aliphatic carbocycles. The van der Waals surface area contributed by atoms with E-state index in [1.807, 2.05) is 63.2 Å². The molecule has 3 nitrogen and oxygen atoms in total. The van der Waals surface area contributed by atoms with Gasteiger partial charge in [-0.3, -0.25) is 10.1 Å². The Bertz CT molecular complexity index is 900. The SMILES string of the molecule is Cc1ccc(C(=O)Nc2nc(-c3ccc(C)c(Cl)c3)c(C)s2)cc1. The lowest BCUT2D eigenvalue weighted by Crippen LogP contribution is -2.11. The smallest absolute Gasteiger partial charge is 0.257 e. The van der Waals surface area contributed by atoms with Crippen LogP contribution in [0.5, 0.6) is 0 Å². The molecule has 5 heteroatoms. The van der Waals surface area contributed by atoms with E-state index in [2.05, 4.69) is 10.3 Å². The highest BCUT2D eigenvalue weighted by molar-refractivity contribution is 7.16. The first-order valence-electron chi connectivity index (χ1n) is 7.56. The molecule has 0 aliphatic rings. The number of carbonyl (C=O) groups is 1. The van der Waals surface area contributed by atoms with Gasteiger partial charge in [-0.25, -0.2) is 4.98 Å². The number of aromatic nitrogens is 1. The standard InChI is InChI=1S/C19H17ClN2OS/c1-11-4-7-14(8-5-11)18(23)22-19-21-17(13(3)24-19)15-9-6-12(2)16(20)10-15/h4-10H,1-3H3,(H,21,22,23). The number of anilines is 1. The second kappa shape index (κ2) is 6.75. The number of aryl methyl sites for hydroxylation is 3. The highest BCUT2D eigenvalue weighted by atomic mass is 35.5. The lowest BCUT2D eigenvalue weighted by Gasteiger charge is -2.03. The van der Waals surface area contributed by atoms with Crippen LogP contribution in [0.15, 0.2) is 42.5 Å². The first-order chi connectivity index (χ1) is 11.4. The van der Waals surface area contributed by atoms with E-state index in [0.717, 1.165) is 27.3 Å². The van der Waals surface area contributed by atoms with Crippen LogP contribution >= 0.6 is 22.9 Å². The molecule has 0 fully saturated rings. The highest BCUT2D eigenvalue weighted by Gasteiger charge is 2.13. The van der Waals surface area contributed by atoms with Gasteiger partial charge in [0.15, 0.2) is 5.13 Å². The molecule has 0 bridgehead atoms. The maximum Gasteiger partial charge on any atom is 0.257 e. The molecule has 1 heterocycles. The Morgan fingerprint density at radius 2 is 1.79 bits per heavy atom. The summed E-state index contributed by atoms with van der Waals surface area (Å²) in [6.07, 6.45) is 0. The molecular weight excluding hydrogens is 340 g/mol. The van der Waals surface area contributed by atoms with Gasteiger partial charge in [-0.2, -0.15) is 0 Å². The van der Waals surface area contributed by atoms with Gasteiger partial charge in [0.2, 0.25) is 0 Å². The predicted octanol–water partition coefficient (Wildman–Crippen LogP) is 5.64. The van der Waals surface area contributed by atoms with Crippen molar-refractivity contribution in [1.29, 1.82) is 0 Å². The average Bonchev–Trinajstić information content (AvgIpc) is 2.91. The molecule has 122 valence electrons. The van der Waals surface area contributed by atoms with Crippen molar-refractivity contribution in [3.8, 4) is 11.3 Å². The van der Waals surface area contributed by atoms with Gasteiger partial charge < -0.3 is 0 Å². The minimum atomic E-state index is -0.155. The summed E-state index contributed by atoms with van der Waals surface area (Å²) in [6, 6.07) is 13.3. The number of nitrogens with zero attached hydrogens (tertiary/aromatic N) is 1. The maximum atomic E-state index is 12.3. The topological polar surface area (TPSA) is 42.0 Å². The van der Waals surface area contributed by atoms with Crippen molar-refractivity contribution in [1.82, 2.24) is 4.98 Å². The number of carbonyl (C=O) groups excluding carboxylic acids is 1. The zero-order chi connectivity index (χ0) is 17.3. The summed E-state index contributed by atoms with van der Waals surface area (Å²) < 4.78 is 0. The Balaban J connectivity index is 1.84. The summed E-state index contributed by atoms with van der Waals surface area (Å²) in [5.74, 6) is -0.155. The fourth-order valence-electron chi connectivity index (χ4n) is 2.33. The molecule has 24 heavy (non-hydrogen) atoms. The Hall–Kier alpha value is -2.17. The molecule has 0 saturated heterocycles. The number of nitrogens with one attached hydrogen (secondary N) is 1. The summed E-state index contributed by atoms with van der Waals surface area (Å²) in [5.41, 5.74) is 4.57. The number of amides is 1. The third-order valence-electron chi connectivity index (χ3n) is 3.78. The van der Waals surface area contributed by atoms with E-state index >= 15 is 0 Å². The van der Waals surface area contributed by atoms with Crippen molar-refractivity contribution >= 4 is 34.0 Å². The van der Waals surface area contributed by atoms with E-state index in [9.17, 15) is 4.79 Å². The van der Waals surface area contributed by atoms with E-state index in [1.165, 1.54) is 11.3 Å². The third kappa shape index (κ3) is 3.50. The molecule has 0 aliphatic heterocycles. The van der Waals surface area contributed by atoms with Crippen LogP contribution in [-0.2, 0) is 0 Å². The van der Waals surface area contributed by atoms with Crippen molar-refractivity contribution in [3.63, 3.8) is 0 Å². The van der Waals surface area contributed by atoms with Crippen LogP contribution in [0.25, 0.3) is 11.3 Å². The summed E-state index contributed by atoms with van der Waals surface area (Å²) in [6.45, 7) is 5.94. The summed E-state index contributed by atoms with van der Waals surface area (Å²) in [7, 11) is 0. The van der Waals surface area contributed by atoms with Gasteiger partial charge in [0.25, 0.3) is 5.91 Å². The Kier molecular flexibility index (Phi) is 4.69. The summed E-state index contributed by atoms with van der Waals surface area (Å²) in [5, 5.41) is 4.17. The van der Waals surface area contributed by atoms with Gasteiger partial charge in [0.1, 0.15) is 0 Å². The van der Waals surface area contributed by atoms with E-state index in [1.54, 1.807) is 0 Å². The number of thiazole rings is 1. The first kappa shape index (κ1) is 16.7. The van der Waals surface area contributed by atoms with Crippen LogP contribution in [-0.4, -0.2) is 10.9 Å². The largest absolute Gasteiger partial charge is 0.298 e. The number of benzene rings is 2. The quantitative estimate of drug-likeness (QED) is 0.659. The lowest BCUT2D eigenvalue weighted by molar-refractivity contribution is 0.102. The molecule has 0 saturated carbocycles. The maximum absolute atomic E-state index is 12.3. The number of halogens is 1. The molecule has 3 rings (SSSR count). The predicted molar refractivity (Wildman–Crippen MR) is 101 cm³/mol. The fourth-order valence-corrected chi connectivity index (χ4v) is 3.34. The third-order valence-corrected chi connectivity index (χ3v) is 5.07. The molecule has 2 aromatic carbocycles. The summed E-state index contributed by atoms with van der Waals surface area (Å²) >= 11 is 7.67. The number of rotatable bonds is 3. The van der Waals surface area contributed by atoms with Crippen molar-refractivity contribution < 1.29 is 4.79 Å². The van der Waals surface area contributed by atoms with Gasteiger partial charge in [-0.1, -0.05) is 41.4 Å². The van der Waals surface area contributed by atoms with Crippen LogP contribution in [0, 0.1) is 20.8 Å². The zero-order valence-electron chi connectivity index (χ0n) is 13.7. The van der Waals surface area contributed by atoms with Crippen LogP contribution in [0.4, 0.5) is 5.13 Å². The fraction of sp³-hybridized carbons (Fsp3) is 0.158. The van der Waals surface area contributed by atoms with Crippen molar-refractivity contribution in [2.75, 3.05) is 5.32 Å². The zero-order valence-corrected chi connectivity index (χ0v) is 15.3. The molecule has 1 aromatic heterocycles. The van der Waals surface area contributed by atoms with Crippen LogP contribution < -0.4 is 5.32 Å². The van der Waals surface area contributed by atoms with E-state index in [-0.39, 0.29) is 5.91 Å². The van der Waals surface area contributed by atoms with Gasteiger partial charge in [0.05, 0.1) is 5.69 Å². The highest BCUT2D eigenvalue weighted by Crippen LogP contribution is 2.32. The van der Waals surface area contributed by atoms with Crippen molar-refractivity contribution in [2.24, 2.45) is 0 Å². The molecule has 3 aromatic rings. The number of hydrogen-bond acceptors (Lipinski definition) is 3.